The van der Waals surface area contributed by atoms with Crippen LogP contribution in [0.3, 0.4) is 0 Å². The zero-order valence-electron chi connectivity index (χ0n) is 11.3. The SMILES string of the molecule is NC(=O)N(O)Cc1ccc(OCc2ccccc2)cc1O. The molecule has 0 heterocycles. The van der Waals surface area contributed by atoms with Crippen LogP contribution in [0.4, 0.5) is 4.79 Å². The number of ether oxygens (including phenoxy) is 1. The second-order valence-electron chi connectivity index (χ2n) is 4.46. The highest BCUT2D eigenvalue weighted by Gasteiger charge is 2.10. The van der Waals surface area contributed by atoms with E-state index in [2.05, 4.69) is 0 Å². The molecular weight excluding hydrogens is 272 g/mol. The highest BCUT2D eigenvalue weighted by molar-refractivity contribution is 5.70. The lowest BCUT2D eigenvalue weighted by atomic mass is 10.2. The molecule has 0 fully saturated rings. The Morgan fingerprint density at radius 1 is 1.19 bits per heavy atom. The van der Waals surface area contributed by atoms with E-state index in [-0.39, 0.29) is 12.3 Å². The third-order valence-corrected chi connectivity index (χ3v) is 2.88. The summed E-state index contributed by atoms with van der Waals surface area (Å²) >= 11 is 0. The van der Waals surface area contributed by atoms with Gasteiger partial charge in [0.1, 0.15) is 18.1 Å². The van der Waals surface area contributed by atoms with Gasteiger partial charge in [-0.1, -0.05) is 30.3 Å². The first-order chi connectivity index (χ1) is 10.1. The Kier molecular flexibility index (Phi) is 4.63. The summed E-state index contributed by atoms with van der Waals surface area (Å²) in [7, 11) is 0. The van der Waals surface area contributed by atoms with Crippen molar-refractivity contribution in [2.45, 2.75) is 13.2 Å². The maximum Gasteiger partial charge on any atom is 0.338 e. The predicted molar refractivity (Wildman–Crippen MR) is 75.8 cm³/mol. The number of urea groups is 1. The van der Waals surface area contributed by atoms with Crippen LogP contribution in [0, 0.1) is 0 Å². The van der Waals surface area contributed by atoms with Crippen LogP contribution in [-0.2, 0) is 13.2 Å². The lowest BCUT2D eigenvalue weighted by molar-refractivity contribution is -0.0474. The molecule has 6 heteroatoms. The topological polar surface area (TPSA) is 96.0 Å². The third kappa shape index (κ3) is 4.12. The summed E-state index contributed by atoms with van der Waals surface area (Å²) in [6.45, 7) is 0.188. The number of hydrogen-bond donors (Lipinski definition) is 3. The van der Waals surface area contributed by atoms with Crippen molar-refractivity contribution in [3.63, 3.8) is 0 Å². The Morgan fingerprint density at radius 3 is 2.52 bits per heavy atom. The maximum atomic E-state index is 10.7. The number of hydrogen-bond acceptors (Lipinski definition) is 4. The first kappa shape index (κ1) is 14.7. The summed E-state index contributed by atoms with van der Waals surface area (Å²) < 4.78 is 5.55. The molecule has 0 aliphatic carbocycles. The zero-order chi connectivity index (χ0) is 15.2. The summed E-state index contributed by atoms with van der Waals surface area (Å²) in [5.74, 6) is 0.407. The molecule has 0 aliphatic heterocycles. The van der Waals surface area contributed by atoms with Crippen molar-refractivity contribution < 1.29 is 19.8 Å². The van der Waals surface area contributed by atoms with Gasteiger partial charge in [-0.05, 0) is 17.7 Å². The molecule has 21 heavy (non-hydrogen) atoms. The number of rotatable bonds is 5. The van der Waals surface area contributed by atoms with Crippen LogP contribution < -0.4 is 10.5 Å². The molecule has 2 aromatic rings. The van der Waals surface area contributed by atoms with Crippen LogP contribution in [0.15, 0.2) is 48.5 Å². The number of aromatic hydroxyl groups is 1. The van der Waals surface area contributed by atoms with Crippen LogP contribution in [0.25, 0.3) is 0 Å². The van der Waals surface area contributed by atoms with Gasteiger partial charge in [-0.15, -0.1) is 0 Å². The number of amides is 2. The van der Waals surface area contributed by atoms with Gasteiger partial charge in [0.2, 0.25) is 0 Å². The lowest BCUT2D eigenvalue weighted by Gasteiger charge is -2.14. The number of carbonyl (C=O) groups excluding carboxylic acids is 1. The minimum Gasteiger partial charge on any atom is -0.507 e. The van der Waals surface area contributed by atoms with Gasteiger partial charge in [0, 0.05) is 11.6 Å². The Hall–Kier alpha value is -2.73. The highest BCUT2D eigenvalue weighted by atomic mass is 16.5. The highest BCUT2D eigenvalue weighted by Crippen LogP contribution is 2.25. The minimum absolute atomic E-state index is 0.0825. The second kappa shape index (κ2) is 6.62. The van der Waals surface area contributed by atoms with Gasteiger partial charge < -0.3 is 15.6 Å². The van der Waals surface area contributed by atoms with Crippen molar-refractivity contribution in [3.05, 3.63) is 59.7 Å². The molecule has 0 aromatic heterocycles. The van der Waals surface area contributed by atoms with E-state index in [0.717, 1.165) is 5.56 Å². The first-order valence-electron chi connectivity index (χ1n) is 6.30. The number of primary amides is 1. The van der Waals surface area contributed by atoms with E-state index >= 15 is 0 Å². The molecule has 4 N–H and O–H groups in total. The Labute approximate surface area is 122 Å². The lowest BCUT2D eigenvalue weighted by Crippen LogP contribution is -2.31. The molecule has 0 spiro atoms. The van der Waals surface area contributed by atoms with E-state index in [1.807, 2.05) is 30.3 Å². The molecular formula is C15H16N2O4. The van der Waals surface area contributed by atoms with Gasteiger partial charge in [0.05, 0.1) is 6.54 Å². The summed E-state index contributed by atoms with van der Waals surface area (Å²) in [6, 6.07) is 13.3. The van der Waals surface area contributed by atoms with Crippen molar-refractivity contribution in [2.24, 2.45) is 5.73 Å². The van der Waals surface area contributed by atoms with Gasteiger partial charge in [0.25, 0.3) is 0 Å². The van der Waals surface area contributed by atoms with E-state index in [4.69, 9.17) is 10.5 Å². The predicted octanol–water partition coefficient (Wildman–Crippen LogP) is 2.24. The molecule has 2 rings (SSSR count). The Morgan fingerprint density at radius 2 is 1.90 bits per heavy atom. The Bertz CT molecular complexity index is 616. The maximum absolute atomic E-state index is 10.7. The molecule has 0 unspecified atom stereocenters. The zero-order valence-corrected chi connectivity index (χ0v) is 11.3. The molecule has 0 saturated heterocycles. The van der Waals surface area contributed by atoms with Crippen LogP contribution in [-0.4, -0.2) is 21.4 Å². The Balaban J connectivity index is 2.00. The van der Waals surface area contributed by atoms with Crippen molar-refractivity contribution in [1.29, 1.82) is 0 Å². The van der Waals surface area contributed by atoms with Crippen molar-refractivity contribution >= 4 is 6.03 Å². The van der Waals surface area contributed by atoms with Gasteiger partial charge in [0.15, 0.2) is 0 Å². The summed E-state index contributed by atoms with van der Waals surface area (Å²) in [4.78, 5) is 10.7. The van der Waals surface area contributed by atoms with Crippen LogP contribution in [0.1, 0.15) is 11.1 Å². The van der Waals surface area contributed by atoms with Gasteiger partial charge in [-0.3, -0.25) is 5.21 Å². The minimum atomic E-state index is -0.987. The van der Waals surface area contributed by atoms with E-state index < -0.39 is 6.03 Å². The van der Waals surface area contributed by atoms with Crippen molar-refractivity contribution in [3.8, 4) is 11.5 Å². The van der Waals surface area contributed by atoms with Crippen LogP contribution in [0.5, 0.6) is 11.5 Å². The number of carbonyl (C=O) groups is 1. The van der Waals surface area contributed by atoms with Crippen LogP contribution in [0.2, 0.25) is 0 Å². The molecule has 0 bridgehead atoms. The van der Waals surface area contributed by atoms with Crippen LogP contribution >= 0.6 is 0 Å². The summed E-state index contributed by atoms with van der Waals surface area (Å²) in [5.41, 5.74) is 6.28. The molecule has 0 radical (unpaired) electrons. The molecule has 110 valence electrons. The van der Waals surface area contributed by atoms with Gasteiger partial charge >= 0.3 is 6.03 Å². The van der Waals surface area contributed by atoms with E-state index in [9.17, 15) is 15.1 Å². The van der Waals surface area contributed by atoms with Gasteiger partial charge in [-0.25, -0.2) is 9.86 Å². The average Bonchev–Trinajstić information content (AvgIpc) is 2.48. The van der Waals surface area contributed by atoms with E-state index in [1.54, 1.807) is 12.1 Å². The number of nitrogens with two attached hydrogens (primary N) is 1. The van der Waals surface area contributed by atoms with Gasteiger partial charge in [-0.2, -0.15) is 0 Å². The first-order valence-corrected chi connectivity index (χ1v) is 6.30. The standard InChI is InChI=1S/C15H16N2O4/c16-15(19)17(20)9-12-6-7-13(8-14(12)18)21-10-11-4-2-1-3-5-11/h1-8,18,20H,9-10H2,(H2,16,19). The normalized spacial score (nSPS) is 10.1. The fourth-order valence-electron chi connectivity index (χ4n) is 1.75. The van der Waals surface area contributed by atoms with Crippen molar-refractivity contribution in [2.75, 3.05) is 0 Å². The molecule has 0 aliphatic rings. The number of benzene rings is 2. The smallest absolute Gasteiger partial charge is 0.338 e. The molecule has 0 saturated carbocycles. The van der Waals surface area contributed by atoms with Crippen molar-refractivity contribution in [1.82, 2.24) is 5.06 Å². The molecule has 2 amide bonds. The second-order valence-corrected chi connectivity index (χ2v) is 4.46. The fraction of sp³-hybridized carbons (Fsp3) is 0.133. The monoisotopic (exact) mass is 288 g/mol. The average molecular weight is 288 g/mol. The molecule has 0 atom stereocenters. The number of phenols is 1. The number of hydroxylamine groups is 2. The quantitative estimate of drug-likeness (QED) is 0.580. The van der Waals surface area contributed by atoms with E-state index in [1.165, 1.54) is 6.07 Å². The van der Waals surface area contributed by atoms with E-state index in [0.29, 0.717) is 23.0 Å². The fourth-order valence-corrected chi connectivity index (χ4v) is 1.75. The molecule has 2 aromatic carbocycles. The summed E-state index contributed by atoms with van der Waals surface area (Å²) in [5, 5.41) is 19.4. The largest absolute Gasteiger partial charge is 0.507 e. The third-order valence-electron chi connectivity index (χ3n) is 2.88. The summed E-state index contributed by atoms with van der Waals surface area (Å²) in [6.07, 6.45) is 0. The molecule has 6 nitrogen and oxygen atoms in total. The number of phenolic OH excluding ortho intramolecular Hbond substituents is 1. The number of nitrogens with zero attached hydrogens (tertiary/aromatic N) is 1.